The van der Waals surface area contributed by atoms with Crippen LogP contribution in [0.15, 0.2) is 4.52 Å². The topological polar surface area (TPSA) is 56.0 Å². The molecule has 0 aromatic carbocycles. The van der Waals surface area contributed by atoms with Crippen molar-refractivity contribution in [3.05, 3.63) is 11.7 Å². The first kappa shape index (κ1) is 8.41. The molecule has 2 rings (SSSR count). The molecular weight excluding hydrogens is 168 g/mol. The van der Waals surface area contributed by atoms with Crippen LogP contribution in [0.5, 0.6) is 0 Å². The molecule has 1 unspecified atom stereocenters. The van der Waals surface area contributed by atoms with E-state index in [9.17, 15) is 4.79 Å². The zero-order chi connectivity index (χ0) is 9.42. The number of carbonyl (C=O) groups excluding carboxylic acids is 1. The highest BCUT2D eigenvalue weighted by molar-refractivity contribution is 5.81. The summed E-state index contributed by atoms with van der Waals surface area (Å²) in [7, 11) is 0. The van der Waals surface area contributed by atoms with Gasteiger partial charge in [-0.05, 0) is 26.7 Å². The molecule has 1 saturated carbocycles. The number of ketones is 1. The van der Waals surface area contributed by atoms with Crippen molar-refractivity contribution in [3.63, 3.8) is 0 Å². The van der Waals surface area contributed by atoms with Gasteiger partial charge >= 0.3 is 0 Å². The number of Topliss-reactive ketones (excluding diaryl/α,β-unsaturated/α-hetero) is 1. The number of nitrogens with zero attached hydrogens (tertiary/aromatic N) is 2. The second-order valence-corrected chi connectivity index (χ2v) is 3.60. The monoisotopic (exact) mass is 180 g/mol. The van der Waals surface area contributed by atoms with Crippen LogP contribution in [0.3, 0.4) is 0 Å². The van der Waals surface area contributed by atoms with E-state index in [1.807, 2.05) is 0 Å². The van der Waals surface area contributed by atoms with E-state index in [0.717, 1.165) is 18.7 Å². The van der Waals surface area contributed by atoms with E-state index >= 15 is 0 Å². The van der Waals surface area contributed by atoms with Gasteiger partial charge in [0.25, 0.3) is 0 Å². The fourth-order valence-electron chi connectivity index (χ4n) is 1.10. The molecule has 1 aliphatic carbocycles. The van der Waals surface area contributed by atoms with Crippen LogP contribution in [-0.4, -0.2) is 15.9 Å². The van der Waals surface area contributed by atoms with E-state index in [0.29, 0.717) is 11.8 Å². The highest BCUT2D eigenvalue weighted by Gasteiger charge is 2.30. The van der Waals surface area contributed by atoms with Crippen molar-refractivity contribution in [1.29, 1.82) is 0 Å². The summed E-state index contributed by atoms with van der Waals surface area (Å²) < 4.78 is 5.01. The van der Waals surface area contributed by atoms with Gasteiger partial charge in [-0.2, -0.15) is 4.98 Å². The molecule has 4 heteroatoms. The molecule has 0 aliphatic heterocycles. The predicted molar refractivity (Wildman–Crippen MR) is 45.4 cm³/mol. The zero-order valence-corrected chi connectivity index (χ0v) is 7.78. The number of aromatic nitrogens is 2. The summed E-state index contributed by atoms with van der Waals surface area (Å²) in [5, 5.41) is 3.84. The van der Waals surface area contributed by atoms with E-state index < -0.39 is 0 Å². The lowest BCUT2D eigenvalue weighted by Crippen LogP contribution is -2.04. The summed E-state index contributed by atoms with van der Waals surface area (Å²) in [5.41, 5.74) is 0. The fraction of sp³-hybridized carbons (Fsp3) is 0.667. The maximum atomic E-state index is 11.0. The Labute approximate surface area is 76.3 Å². The van der Waals surface area contributed by atoms with Crippen molar-refractivity contribution in [1.82, 2.24) is 10.1 Å². The van der Waals surface area contributed by atoms with Gasteiger partial charge in [0.15, 0.2) is 5.82 Å². The smallest absolute Gasteiger partial charge is 0.236 e. The van der Waals surface area contributed by atoms with Gasteiger partial charge in [0, 0.05) is 5.92 Å². The number of hydrogen-bond acceptors (Lipinski definition) is 4. The van der Waals surface area contributed by atoms with Gasteiger partial charge in [-0.25, -0.2) is 0 Å². The van der Waals surface area contributed by atoms with Gasteiger partial charge in [-0.15, -0.1) is 0 Å². The largest absolute Gasteiger partial charge is 0.339 e. The summed E-state index contributed by atoms with van der Waals surface area (Å²) in [6.45, 7) is 3.32. The molecule has 1 heterocycles. The molecule has 70 valence electrons. The van der Waals surface area contributed by atoms with Gasteiger partial charge in [0.2, 0.25) is 5.89 Å². The minimum absolute atomic E-state index is 0.0611. The first-order chi connectivity index (χ1) is 6.18. The molecule has 0 spiro atoms. The lowest BCUT2D eigenvalue weighted by Gasteiger charge is -1.97. The zero-order valence-electron chi connectivity index (χ0n) is 7.78. The number of rotatable bonds is 3. The number of carbonyl (C=O) groups is 1. The molecule has 1 fully saturated rings. The normalized spacial score (nSPS) is 18.6. The van der Waals surface area contributed by atoms with E-state index in [2.05, 4.69) is 10.1 Å². The van der Waals surface area contributed by atoms with Crippen molar-refractivity contribution >= 4 is 5.78 Å². The molecular formula is C9H12N2O2. The number of hydrogen-bond donors (Lipinski definition) is 0. The standard InChI is InChI=1S/C9H12N2O2/c1-5(6(2)12)9-10-8(11-13-9)7-3-4-7/h5,7H,3-4H2,1-2H3. The molecule has 1 atom stereocenters. The van der Waals surface area contributed by atoms with E-state index in [1.54, 1.807) is 6.92 Å². The lowest BCUT2D eigenvalue weighted by atomic mass is 10.1. The van der Waals surface area contributed by atoms with Crippen LogP contribution in [0.4, 0.5) is 0 Å². The summed E-state index contributed by atoms with van der Waals surface area (Å²) >= 11 is 0. The molecule has 1 aliphatic rings. The first-order valence-corrected chi connectivity index (χ1v) is 4.52. The van der Waals surface area contributed by atoms with Crippen molar-refractivity contribution in [2.24, 2.45) is 0 Å². The fourth-order valence-corrected chi connectivity index (χ4v) is 1.10. The molecule has 1 aromatic heterocycles. The highest BCUT2D eigenvalue weighted by atomic mass is 16.5. The third kappa shape index (κ3) is 1.61. The van der Waals surface area contributed by atoms with E-state index in [1.165, 1.54) is 6.92 Å². The van der Waals surface area contributed by atoms with Gasteiger partial charge < -0.3 is 4.52 Å². The van der Waals surface area contributed by atoms with Crippen LogP contribution in [-0.2, 0) is 4.79 Å². The van der Waals surface area contributed by atoms with Gasteiger partial charge in [0.1, 0.15) is 5.78 Å². The summed E-state index contributed by atoms with van der Waals surface area (Å²) in [5.74, 6) is 1.50. The van der Waals surface area contributed by atoms with E-state index in [4.69, 9.17) is 4.52 Å². The van der Waals surface area contributed by atoms with E-state index in [-0.39, 0.29) is 11.7 Å². The first-order valence-electron chi connectivity index (χ1n) is 4.52. The predicted octanol–water partition coefficient (Wildman–Crippen LogP) is 1.64. The third-order valence-electron chi connectivity index (χ3n) is 2.38. The Kier molecular flexibility index (Phi) is 1.90. The molecule has 13 heavy (non-hydrogen) atoms. The highest BCUT2D eigenvalue weighted by Crippen LogP contribution is 2.38. The molecule has 0 radical (unpaired) electrons. The van der Waals surface area contributed by atoms with Crippen LogP contribution in [0.25, 0.3) is 0 Å². The minimum Gasteiger partial charge on any atom is -0.339 e. The van der Waals surface area contributed by atoms with Crippen molar-refractivity contribution in [2.75, 3.05) is 0 Å². The van der Waals surface area contributed by atoms with Gasteiger partial charge in [0.05, 0.1) is 5.92 Å². The molecule has 0 amide bonds. The molecule has 1 aromatic rings. The van der Waals surface area contributed by atoms with Crippen LogP contribution < -0.4 is 0 Å². The quantitative estimate of drug-likeness (QED) is 0.709. The minimum atomic E-state index is -0.264. The summed E-state index contributed by atoms with van der Waals surface area (Å²) in [6.07, 6.45) is 2.29. The van der Waals surface area contributed by atoms with Crippen molar-refractivity contribution in [2.45, 2.75) is 38.5 Å². The Balaban J connectivity index is 2.16. The Morgan fingerprint density at radius 1 is 1.62 bits per heavy atom. The van der Waals surface area contributed by atoms with Gasteiger partial charge in [-0.1, -0.05) is 5.16 Å². The van der Waals surface area contributed by atoms with Crippen LogP contribution in [0.1, 0.15) is 50.2 Å². The van der Waals surface area contributed by atoms with Crippen molar-refractivity contribution < 1.29 is 9.32 Å². The second kappa shape index (κ2) is 2.94. The Hall–Kier alpha value is -1.19. The maximum Gasteiger partial charge on any atom is 0.236 e. The maximum absolute atomic E-state index is 11.0. The molecule has 4 nitrogen and oxygen atoms in total. The summed E-state index contributed by atoms with van der Waals surface area (Å²) in [6, 6.07) is 0. The van der Waals surface area contributed by atoms with Crippen LogP contribution in [0, 0.1) is 0 Å². The Bertz CT molecular complexity index is 328. The average molecular weight is 180 g/mol. The van der Waals surface area contributed by atoms with Crippen LogP contribution in [0.2, 0.25) is 0 Å². The SMILES string of the molecule is CC(=O)C(C)c1nc(C2CC2)no1. The van der Waals surface area contributed by atoms with Gasteiger partial charge in [-0.3, -0.25) is 4.79 Å². The Morgan fingerprint density at radius 3 is 2.85 bits per heavy atom. The lowest BCUT2D eigenvalue weighted by molar-refractivity contribution is -0.118. The third-order valence-corrected chi connectivity index (χ3v) is 2.38. The second-order valence-electron chi connectivity index (χ2n) is 3.60. The van der Waals surface area contributed by atoms with Crippen molar-refractivity contribution in [3.8, 4) is 0 Å². The molecule has 0 N–H and O–H groups in total. The average Bonchev–Trinajstić information content (AvgIpc) is 2.83. The van der Waals surface area contributed by atoms with Crippen LogP contribution >= 0.6 is 0 Å². The molecule has 0 bridgehead atoms. The summed E-state index contributed by atoms with van der Waals surface area (Å²) in [4.78, 5) is 15.2. The molecule has 0 saturated heterocycles. The Morgan fingerprint density at radius 2 is 2.31 bits per heavy atom.